The highest BCUT2D eigenvalue weighted by atomic mass is 16.7. The highest BCUT2D eigenvalue weighted by molar-refractivity contribution is 5.90. The molecule has 16 nitrogen and oxygen atoms in total. The molecule has 0 aromatic heterocycles. The van der Waals surface area contributed by atoms with Gasteiger partial charge < -0.3 is 74.7 Å². The summed E-state index contributed by atoms with van der Waals surface area (Å²) < 4.78 is 26.5. The molecule has 4 rings (SSSR count). The molecule has 0 amide bonds. The lowest BCUT2D eigenvalue weighted by Gasteiger charge is -2.39. The van der Waals surface area contributed by atoms with Crippen molar-refractivity contribution in [2.24, 2.45) is 0 Å². The zero-order valence-electron chi connectivity index (χ0n) is 21.8. The summed E-state index contributed by atoms with van der Waals surface area (Å²) in [7, 11) is 0. The Morgan fingerprint density at radius 3 is 1.74 bits per heavy atom. The van der Waals surface area contributed by atoms with Gasteiger partial charge in [0, 0.05) is 0 Å². The monoisotopic (exact) mass is 600 g/mol. The third kappa shape index (κ3) is 6.68. The lowest BCUT2D eigenvalue weighted by molar-refractivity contribution is -0.277. The first-order valence-electron chi connectivity index (χ1n) is 12.7. The van der Waals surface area contributed by atoms with E-state index >= 15 is 0 Å². The van der Waals surface area contributed by atoms with E-state index in [-0.39, 0.29) is 23.7 Å². The summed E-state index contributed by atoms with van der Waals surface area (Å²) in [5, 5.41) is 99.0. The molecule has 0 spiro atoms. The summed E-state index contributed by atoms with van der Waals surface area (Å²) in [6.45, 7) is -1.69. The highest BCUT2D eigenvalue weighted by Crippen LogP contribution is 2.33. The lowest BCUT2D eigenvalue weighted by Crippen LogP contribution is -2.60. The Kier molecular flexibility index (Phi) is 10.1. The fourth-order valence-corrected chi connectivity index (χ4v) is 4.30. The number of rotatable bonds is 9. The zero-order valence-corrected chi connectivity index (χ0v) is 21.8. The van der Waals surface area contributed by atoms with E-state index < -0.39 is 92.1 Å². The van der Waals surface area contributed by atoms with Gasteiger partial charge in [-0.3, -0.25) is 0 Å². The summed E-state index contributed by atoms with van der Waals surface area (Å²) in [6.07, 6.45) is -15.6. The molecule has 0 radical (unpaired) electrons. The number of phenolic OH excluding ortho intramolecular Hbond substituents is 2. The van der Waals surface area contributed by atoms with Crippen molar-refractivity contribution >= 4 is 5.97 Å². The van der Waals surface area contributed by atoms with Crippen LogP contribution < -0.4 is 9.47 Å². The molecular weight excluding hydrogens is 568 g/mol. The van der Waals surface area contributed by atoms with E-state index in [0.717, 1.165) is 12.1 Å². The summed E-state index contributed by atoms with van der Waals surface area (Å²) in [4.78, 5) is 12.7. The minimum absolute atomic E-state index is 0.0980. The van der Waals surface area contributed by atoms with E-state index in [0.29, 0.717) is 5.56 Å². The van der Waals surface area contributed by atoms with Crippen molar-refractivity contribution in [3.8, 4) is 23.0 Å². The first-order valence-corrected chi connectivity index (χ1v) is 12.7. The molecule has 42 heavy (non-hydrogen) atoms. The Balaban J connectivity index is 1.38. The Bertz CT molecular complexity index is 1220. The molecule has 2 aliphatic heterocycles. The van der Waals surface area contributed by atoms with Gasteiger partial charge in [0.15, 0.2) is 23.0 Å². The van der Waals surface area contributed by atoms with Crippen LogP contribution in [0.4, 0.5) is 0 Å². The van der Waals surface area contributed by atoms with Crippen molar-refractivity contribution in [3.63, 3.8) is 0 Å². The van der Waals surface area contributed by atoms with Crippen molar-refractivity contribution in [1.29, 1.82) is 0 Å². The summed E-state index contributed by atoms with van der Waals surface area (Å²) in [5.74, 6) is -2.29. The molecule has 10 atom stereocenters. The quantitative estimate of drug-likeness (QED) is 0.127. The minimum Gasteiger partial charge on any atom is -0.504 e. The topological polar surface area (TPSA) is 266 Å². The number of ether oxygens (including phenoxy) is 5. The maximum absolute atomic E-state index is 12.7. The molecule has 232 valence electrons. The molecule has 2 saturated heterocycles. The average molecular weight is 601 g/mol. The van der Waals surface area contributed by atoms with Gasteiger partial charge in [-0.15, -0.1) is 0 Å². The van der Waals surface area contributed by atoms with Crippen LogP contribution >= 0.6 is 0 Å². The number of benzene rings is 2. The van der Waals surface area contributed by atoms with Crippen molar-refractivity contribution in [2.75, 3.05) is 13.2 Å². The number of hydrogen-bond donors (Lipinski definition) is 10. The van der Waals surface area contributed by atoms with E-state index in [2.05, 4.69) is 0 Å². The first kappa shape index (κ1) is 31.6. The summed E-state index contributed by atoms with van der Waals surface area (Å²) >= 11 is 0. The number of aliphatic hydroxyl groups excluding tert-OH is 8. The molecule has 2 aromatic carbocycles. The standard InChI is InChI=1S/C26H32O16/c27-7-16-18(31)20(33)22(35)25(41-16)39-14-4-1-10(5-13(14)30)9-38-24(37)11-2-3-12(29)15(6-11)40-26-23(36)21(34)19(32)17(8-28)42-26/h1-6,16-23,25-36H,7-9H2. The molecule has 2 aliphatic rings. The number of carbonyl (C=O) groups is 1. The normalized spacial score (nSPS) is 33.1. The molecule has 2 heterocycles. The molecule has 10 unspecified atom stereocenters. The van der Waals surface area contributed by atoms with Crippen LogP contribution in [-0.2, 0) is 20.8 Å². The van der Waals surface area contributed by atoms with E-state index in [1.165, 1.54) is 24.3 Å². The number of hydrogen-bond acceptors (Lipinski definition) is 16. The third-order valence-electron chi connectivity index (χ3n) is 6.77. The van der Waals surface area contributed by atoms with Gasteiger partial charge in [-0.25, -0.2) is 4.79 Å². The van der Waals surface area contributed by atoms with Gasteiger partial charge in [0.05, 0.1) is 18.8 Å². The van der Waals surface area contributed by atoms with E-state index in [1.807, 2.05) is 0 Å². The second-order valence-corrected chi connectivity index (χ2v) is 9.69. The number of aliphatic hydroxyl groups is 8. The van der Waals surface area contributed by atoms with Crippen LogP contribution in [0.25, 0.3) is 0 Å². The van der Waals surface area contributed by atoms with Crippen LogP contribution in [0, 0.1) is 0 Å². The van der Waals surface area contributed by atoms with Crippen LogP contribution in [0.1, 0.15) is 15.9 Å². The molecule has 0 saturated carbocycles. The smallest absolute Gasteiger partial charge is 0.338 e. The Hall–Kier alpha value is -3.29. The highest BCUT2D eigenvalue weighted by Gasteiger charge is 2.46. The van der Waals surface area contributed by atoms with Gasteiger partial charge >= 0.3 is 5.97 Å². The van der Waals surface area contributed by atoms with Crippen molar-refractivity contribution in [3.05, 3.63) is 47.5 Å². The largest absolute Gasteiger partial charge is 0.504 e. The minimum atomic E-state index is -1.75. The van der Waals surface area contributed by atoms with E-state index in [9.17, 15) is 55.9 Å². The van der Waals surface area contributed by atoms with Crippen molar-refractivity contribution < 1.29 is 79.5 Å². The SMILES string of the molecule is O=C(OCc1ccc(OC2OC(CO)C(O)C(O)C2O)c(O)c1)c1ccc(O)c(OC2OC(CO)C(O)C(O)C2O)c1. The number of phenols is 2. The first-order chi connectivity index (χ1) is 19.9. The second-order valence-electron chi connectivity index (χ2n) is 9.69. The predicted molar refractivity (Wildman–Crippen MR) is 134 cm³/mol. The van der Waals surface area contributed by atoms with E-state index in [1.54, 1.807) is 0 Å². The van der Waals surface area contributed by atoms with Crippen LogP contribution in [0.2, 0.25) is 0 Å². The van der Waals surface area contributed by atoms with Gasteiger partial charge in [0.1, 0.15) is 55.4 Å². The molecular formula is C26H32O16. The summed E-state index contributed by atoms with van der Waals surface area (Å²) in [6, 6.07) is 7.27. The van der Waals surface area contributed by atoms with Crippen LogP contribution in [0.3, 0.4) is 0 Å². The fourth-order valence-electron chi connectivity index (χ4n) is 4.30. The molecule has 10 N–H and O–H groups in total. The maximum atomic E-state index is 12.7. The number of aromatic hydroxyl groups is 2. The molecule has 2 aromatic rings. The van der Waals surface area contributed by atoms with Gasteiger partial charge in [-0.05, 0) is 35.9 Å². The van der Waals surface area contributed by atoms with E-state index in [4.69, 9.17) is 23.7 Å². The predicted octanol–water partition coefficient (Wildman–Crippen LogP) is -3.19. The average Bonchev–Trinajstić information content (AvgIpc) is 2.98. The fraction of sp³-hybridized carbons (Fsp3) is 0.500. The maximum Gasteiger partial charge on any atom is 0.338 e. The lowest BCUT2D eigenvalue weighted by atomic mass is 9.99. The molecule has 0 bridgehead atoms. The van der Waals surface area contributed by atoms with Crippen molar-refractivity contribution in [2.45, 2.75) is 68.0 Å². The van der Waals surface area contributed by atoms with Crippen LogP contribution in [0.5, 0.6) is 23.0 Å². The van der Waals surface area contributed by atoms with Gasteiger partial charge in [0.25, 0.3) is 0 Å². The molecule has 2 fully saturated rings. The van der Waals surface area contributed by atoms with Gasteiger partial charge in [-0.2, -0.15) is 0 Å². The summed E-state index contributed by atoms with van der Waals surface area (Å²) in [5.41, 5.74) is 0.206. The zero-order chi connectivity index (χ0) is 30.7. The Labute approximate surface area is 237 Å². The van der Waals surface area contributed by atoms with Crippen LogP contribution in [-0.4, -0.2) is 132 Å². The van der Waals surface area contributed by atoms with Crippen LogP contribution in [0.15, 0.2) is 36.4 Å². The van der Waals surface area contributed by atoms with Crippen molar-refractivity contribution in [1.82, 2.24) is 0 Å². The second kappa shape index (κ2) is 13.3. The number of carbonyl (C=O) groups excluding carboxylic acids is 1. The molecule has 0 aliphatic carbocycles. The molecule has 16 heteroatoms. The van der Waals surface area contributed by atoms with Gasteiger partial charge in [-0.1, -0.05) is 6.07 Å². The Morgan fingerprint density at radius 1 is 0.667 bits per heavy atom. The van der Waals surface area contributed by atoms with Gasteiger partial charge in [0.2, 0.25) is 12.6 Å². The Morgan fingerprint density at radius 2 is 1.21 bits per heavy atom. The number of esters is 1. The third-order valence-corrected chi connectivity index (χ3v) is 6.77.